The van der Waals surface area contributed by atoms with Gasteiger partial charge in [-0.25, -0.2) is 0 Å². The Morgan fingerprint density at radius 3 is 2.43 bits per heavy atom. The predicted molar refractivity (Wildman–Crippen MR) is 126 cm³/mol. The lowest BCUT2D eigenvalue weighted by Gasteiger charge is -2.31. The Kier molecular flexibility index (Phi) is 6.95. The lowest BCUT2D eigenvalue weighted by Crippen LogP contribution is -2.45. The molecule has 0 radical (unpaired) electrons. The van der Waals surface area contributed by atoms with Gasteiger partial charge in [0.1, 0.15) is 5.75 Å². The maximum absolute atomic E-state index is 13.2. The van der Waals surface area contributed by atoms with Gasteiger partial charge in [-0.3, -0.25) is 4.79 Å². The smallest absolute Gasteiger partial charge is 0.255 e. The topological polar surface area (TPSA) is 65.6 Å². The molecule has 0 aromatic heterocycles. The molecule has 7 heteroatoms. The molecular formula is C23H28N4O2S. The second-order valence-corrected chi connectivity index (χ2v) is 7.40. The lowest BCUT2D eigenvalue weighted by molar-refractivity contribution is -0.113. The summed E-state index contributed by atoms with van der Waals surface area (Å²) in [4.78, 5) is 15.5. The summed E-state index contributed by atoms with van der Waals surface area (Å²) in [5, 5.41) is 9.78. The van der Waals surface area contributed by atoms with E-state index in [0.717, 1.165) is 30.0 Å². The molecule has 0 bridgehead atoms. The summed E-state index contributed by atoms with van der Waals surface area (Å²) >= 11 is 5.36. The van der Waals surface area contributed by atoms with Gasteiger partial charge < -0.3 is 25.6 Å². The summed E-state index contributed by atoms with van der Waals surface area (Å²) < 4.78 is 5.36. The second-order valence-electron chi connectivity index (χ2n) is 6.99. The van der Waals surface area contributed by atoms with Crippen molar-refractivity contribution >= 4 is 34.6 Å². The number of allylic oxidation sites excluding steroid dienone is 1. The first-order valence-electron chi connectivity index (χ1n) is 10.1. The van der Waals surface area contributed by atoms with Crippen molar-refractivity contribution in [1.82, 2.24) is 10.6 Å². The molecule has 2 aromatic rings. The first-order chi connectivity index (χ1) is 14.5. The van der Waals surface area contributed by atoms with Crippen molar-refractivity contribution in [3.05, 3.63) is 65.4 Å². The van der Waals surface area contributed by atoms with Gasteiger partial charge in [-0.15, -0.1) is 0 Å². The van der Waals surface area contributed by atoms with Gasteiger partial charge in [0.15, 0.2) is 5.11 Å². The third-order valence-electron chi connectivity index (χ3n) is 5.22. The van der Waals surface area contributed by atoms with Crippen LogP contribution in [0.15, 0.2) is 59.8 Å². The summed E-state index contributed by atoms with van der Waals surface area (Å²) in [6.07, 6.45) is 0. The van der Waals surface area contributed by atoms with E-state index < -0.39 is 0 Å². The molecule has 1 heterocycles. The minimum absolute atomic E-state index is 0.211. The summed E-state index contributed by atoms with van der Waals surface area (Å²) in [5.74, 6) is 0.397. The summed E-state index contributed by atoms with van der Waals surface area (Å²) in [5.41, 5.74) is 4.06. The van der Waals surface area contributed by atoms with Gasteiger partial charge in [-0.2, -0.15) is 0 Å². The zero-order valence-electron chi connectivity index (χ0n) is 17.8. The number of benzene rings is 2. The molecule has 3 rings (SSSR count). The largest absolute Gasteiger partial charge is 0.495 e. The lowest BCUT2D eigenvalue weighted by atomic mass is 9.94. The normalized spacial score (nSPS) is 15.9. The first-order valence-corrected chi connectivity index (χ1v) is 10.5. The summed E-state index contributed by atoms with van der Waals surface area (Å²) in [6.45, 7) is 8.02. The van der Waals surface area contributed by atoms with Crippen molar-refractivity contribution in [3.8, 4) is 5.75 Å². The molecule has 0 fully saturated rings. The van der Waals surface area contributed by atoms with Crippen molar-refractivity contribution in [1.29, 1.82) is 0 Å². The SMILES string of the molecule is CCN(CC)c1ccc(C2NC(=S)NC(C)=C2C(=O)Nc2ccccc2OC)cc1. The fourth-order valence-corrected chi connectivity index (χ4v) is 3.92. The molecule has 1 atom stereocenters. The van der Waals surface area contributed by atoms with E-state index in [1.54, 1.807) is 7.11 Å². The molecule has 0 saturated carbocycles. The minimum atomic E-state index is -0.348. The molecule has 3 N–H and O–H groups in total. The van der Waals surface area contributed by atoms with E-state index in [1.807, 2.05) is 43.3 Å². The van der Waals surface area contributed by atoms with Crippen LogP contribution < -0.4 is 25.6 Å². The number of thiocarbonyl (C=S) groups is 1. The maximum Gasteiger partial charge on any atom is 0.255 e. The molecule has 0 aliphatic carbocycles. The van der Waals surface area contributed by atoms with Gasteiger partial charge in [-0.05, 0) is 62.8 Å². The maximum atomic E-state index is 13.2. The highest BCUT2D eigenvalue weighted by Gasteiger charge is 2.30. The second kappa shape index (κ2) is 9.63. The molecule has 158 valence electrons. The van der Waals surface area contributed by atoms with Crippen LogP contribution in [0.1, 0.15) is 32.4 Å². The number of nitrogens with one attached hydrogen (secondary N) is 3. The zero-order chi connectivity index (χ0) is 21.7. The van der Waals surface area contributed by atoms with Crippen LogP contribution in [0.3, 0.4) is 0 Å². The van der Waals surface area contributed by atoms with E-state index >= 15 is 0 Å². The fourth-order valence-electron chi connectivity index (χ4n) is 3.65. The zero-order valence-corrected chi connectivity index (χ0v) is 18.6. The number of nitrogens with zero attached hydrogens (tertiary/aromatic N) is 1. The van der Waals surface area contributed by atoms with Gasteiger partial charge in [0.2, 0.25) is 0 Å². The Labute approximate surface area is 183 Å². The Hall–Kier alpha value is -3.06. The van der Waals surface area contributed by atoms with Crippen LogP contribution in [-0.4, -0.2) is 31.2 Å². The van der Waals surface area contributed by atoms with Crippen LogP contribution in [0, 0.1) is 0 Å². The molecule has 2 aromatic carbocycles. The number of para-hydroxylation sites is 2. The summed E-state index contributed by atoms with van der Waals surface area (Å²) in [7, 11) is 1.58. The third-order valence-corrected chi connectivity index (χ3v) is 5.44. The average Bonchev–Trinajstić information content (AvgIpc) is 2.75. The van der Waals surface area contributed by atoms with E-state index in [2.05, 4.69) is 46.8 Å². The fraction of sp³-hybridized carbons (Fsp3) is 0.304. The number of hydrogen-bond donors (Lipinski definition) is 3. The van der Waals surface area contributed by atoms with E-state index in [0.29, 0.717) is 22.1 Å². The number of anilines is 2. The van der Waals surface area contributed by atoms with Crippen LogP contribution in [0.25, 0.3) is 0 Å². The van der Waals surface area contributed by atoms with E-state index in [4.69, 9.17) is 17.0 Å². The highest BCUT2D eigenvalue weighted by atomic mass is 32.1. The van der Waals surface area contributed by atoms with Crippen LogP contribution in [-0.2, 0) is 4.79 Å². The Morgan fingerprint density at radius 2 is 1.80 bits per heavy atom. The van der Waals surface area contributed by atoms with Crippen molar-refractivity contribution in [3.63, 3.8) is 0 Å². The number of rotatable bonds is 7. The van der Waals surface area contributed by atoms with Crippen molar-refractivity contribution < 1.29 is 9.53 Å². The highest BCUT2D eigenvalue weighted by Crippen LogP contribution is 2.31. The molecule has 1 unspecified atom stereocenters. The minimum Gasteiger partial charge on any atom is -0.495 e. The number of ether oxygens (including phenoxy) is 1. The predicted octanol–water partition coefficient (Wildman–Crippen LogP) is 3.97. The molecule has 6 nitrogen and oxygen atoms in total. The van der Waals surface area contributed by atoms with Gasteiger partial charge in [0, 0.05) is 24.5 Å². The number of carbonyl (C=O) groups excluding carboxylic acids is 1. The van der Waals surface area contributed by atoms with Gasteiger partial charge in [0.25, 0.3) is 5.91 Å². The number of methoxy groups -OCH3 is 1. The van der Waals surface area contributed by atoms with Crippen LogP contribution in [0.4, 0.5) is 11.4 Å². The molecular weight excluding hydrogens is 396 g/mol. The van der Waals surface area contributed by atoms with Crippen LogP contribution in [0.2, 0.25) is 0 Å². The van der Waals surface area contributed by atoms with Crippen LogP contribution >= 0.6 is 12.2 Å². The molecule has 1 aliphatic rings. The van der Waals surface area contributed by atoms with E-state index in [1.165, 1.54) is 0 Å². The van der Waals surface area contributed by atoms with Crippen LogP contribution in [0.5, 0.6) is 5.75 Å². The van der Waals surface area contributed by atoms with Gasteiger partial charge >= 0.3 is 0 Å². The molecule has 0 spiro atoms. The van der Waals surface area contributed by atoms with Gasteiger partial charge in [0.05, 0.1) is 24.4 Å². The average molecular weight is 425 g/mol. The number of hydrogen-bond acceptors (Lipinski definition) is 4. The number of amides is 1. The highest BCUT2D eigenvalue weighted by molar-refractivity contribution is 7.80. The van der Waals surface area contributed by atoms with E-state index in [9.17, 15) is 4.79 Å². The molecule has 1 aliphatic heterocycles. The summed E-state index contributed by atoms with van der Waals surface area (Å²) in [6, 6.07) is 15.3. The molecule has 0 saturated heterocycles. The van der Waals surface area contributed by atoms with Crippen molar-refractivity contribution in [2.45, 2.75) is 26.8 Å². The molecule has 30 heavy (non-hydrogen) atoms. The first kappa shape index (κ1) is 21.6. The Bertz CT molecular complexity index is 952. The Morgan fingerprint density at radius 1 is 1.13 bits per heavy atom. The molecule has 1 amide bonds. The van der Waals surface area contributed by atoms with Crippen molar-refractivity contribution in [2.75, 3.05) is 30.4 Å². The third kappa shape index (κ3) is 4.57. The van der Waals surface area contributed by atoms with E-state index in [-0.39, 0.29) is 11.9 Å². The Balaban J connectivity index is 1.92. The van der Waals surface area contributed by atoms with Crippen molar-refractivity contribution in [2.24, 2.45) is 0 Å². The standard InChI is InChI=1S/C23H28N4O2S/c1-5-27(6-2)17-13-11-16(12-14-17)21-20(15(3)24-23(30)26-21)22(28)25-18-9-7-8-10-19(18)29-4/h7-14,21H,5-6H2,1-4H3,(H,25,28)(H2,24,26,30). The van der Waals surface area contributed by atoms with Gasteiger partial charge in [-0.1, -0.05) is 24.3 Å². The quantitative estimate of drug-likeness (QED) is 0.585. The number of carbonyl (C=O) groups is 1. The monoisotopic (exact) mass is 424 g/mol.